The fraction of sp³-hybridized carbons (Fsp3) is 0.533. The van der Waals surface area contributed by atoms with Gasteiger partial charge in [-0.3, -0.25) is 0 Å². The second kappa shape index (κ2) is 10.3. The number of guanidine groups is 1. The number of ether oxygens (including phenoxy) is 1. The molecule has 6 heteroatoms. The van der Waals surface area contributed by atoms with Gasteiger partial charge in [-0.1, -0.05) is 24.3 Å². The SMILES string of the molecule is CCOCc1ccc(CN=C(N)N2CCSCC2)cc1.I. The van der Waals surface area contributed by atoms with Crippen LogP contribution in [0.1, 0.15) is 18.1 Å². The van der Waals surface area contributed by atoms with Gasteiger partial charge in [0.05, 0.1) is 13.2 Å². The van der Waals surface area contributed by atoms with Gasteiger partial charge in [-0.05, 0) is 18.1 Å². The summed E-state index contributed by atoms with van der Waals surface area (Å²) in [6.07, 6.45) is 0. The minimum Gasteiger partial charge on any atom is -0.377 e. The smallest absolute Gasteiger partial charge is 0.191 e. The molecule has 2 rings (SSSR count). The molecule has 2 N–H and O–H groups in total. The lowest BCUT2D eigenvalue weighted by molar-refractivity contribution is 0.134. The zero-order valence-electron chi connectivity index (χ0n) is 12.5. The van der Waals surface area contributed by atoms with Crippen molar-refractivity contribution in [1.29, 1.82) is 0 Å². The van der Waals surface area contributed by atoms with Gasteiger partial charge in [-0.2, -0.15) is 11.8 Å². The summed E-state index contributed by atoms with van der Waals surface area (Å²) < 4.78 is 5.38. The molecule has 0 spiro atoms. The first-order chi connectivity index (χ1) is 9.79. The summed E-state index contributed by atoms with van der Waals surface area (Å²) in [6, 6.07) is 8.37. The Hall–Kier alpha value is -0.470. The van der Waals surface area contributed by atoms with E-state index in [1.54, 1.807) is 0 Å². The van der Waals surface area contributed by atoms with E-state index in [2.05, 4.69) is 34.2 Å². The molecule has 0 atom stereocenters. The summed E-state index contributed by atoms with van der Waals surface area (Å²) >= 11 is 1.97. The van der Waals surface area contributed by atoms with E-state index < -0.39 is 0 Å². The third-order valence-electron chi connectivity index (χ3n) is 3.25. The Balaban J connectivity index is 0.00000220. The van der Waals surface area contributed by atoms with Crippen LogP contribution in [-0.2, 0) is 17.9 Å². The molecule has 1 aromatic rings. The maximum Gasteiger partial charge on any atom is 0.191 e. The van der Waals surface area contributed by atoms with Crippen molar-refractivity contribution in [2.75, 3.05) is 31.2 Å². The number of thioether (sulfide) groups is 1. The molecule has 0 aromatic heterocycles. The average Bonchev–Trinajstić information content (AvgIpc) is 2.52. The Morgan fingerprint density at radius 3 is 2.48 bits per heavy atom. The summed E-state index contributed by atoms with van der Waals surface area (Å²) in [5.41, 5.74) is 8.41. The molecule has 0 saturated carbocycles. The third-order valence-corrected chi connectivity index (χ3v) is 4.20. The first kappa shape index (κ1) is 18.6. The highest BCUT2D eigenvalue weighted by Gasteiger charge is 2.11. The van der Waals surface area contributed by atoms with Gasteiger partial charge in [0.25, 0.3) is 0 Å². The lowest BCUT2D eigenvalue weighted by atomic mass is 10.1. The molecule has 0 radical (unpaired) electrons. The van der Waals surface area contributed by atoms with Crippen LogP contribution in [0.4, 0.5) is 0 Å². The van der Waals surface area contributed by atoms with Crippen LogP contribution in [0.2, 0.25) is 0 Å². The Morgan fingerprint density at radius 2 is 1.86 bits per heavy atom. The van der Waals surface area contributed by atoms with Crippen LogP contribution in [0.15, 0.2) is 29.3 Å². The Kier molecular flexibility index (Phi) is 9.10. The molecule has 1 aliphatic heterocycles. The first-order valence-electron chi connectivity index (χ1n) is 7.07. The Morgan fingerprint density at radius 1 is 1.24 bits per heavy atom. The van der Waals surface area contributed by atoms with Crippen molar-refractivity contribution in [3.8, 4) is 0 Å². The van der Waals surface area contributed by atoms with E-state index in [0.29, 0.717) is 19.1 Å². The van der Waals surface area contributed by atoms with Crippen molar-refractivity contribution in [2.45, 2.75) is 20.1 Å². The maximum absolute atomic E-state index is 6.04. The summed E-state index contributed by atoms with van der Waals surface area (Å²) in [5.74, 6) is 2.95. The summed E-state index contributed by atoms with van der Waals surface area (Å²) in [6.45, 7) is 6.08. The highest BCUT2D eigenvalue weighted by Crippen LogP contribution is 2.10. The Labute approximate surface area is 148 Å². The number of rotatable bonds is 5. The molecule has 21 heavy (non-hydrogen) atoms. The van der Waals surface area contributed by atoms with E-state index >= 15 is 0 Å². The molecule has 1 saturated heterocycles. The number of nitrogens with zero attached hydrogens (tertiary/aromatic N) is 2. The molecule has 1 aromatic carbocycles. The van der Waals surface area contributed by atoms with Gasteiger partial charge in [-0.25, -0.2) is 4.99 Å². The fourth-order valence-electron chi connectivity index (χ4n) is 2.03. The predicted molar refractivity (Wildman–Crippen MR) is 101 cm³/mol. The van der Waals surface area contributed by atoms with Crippen molar-refractivity contribution < 1.29 is 4.74 Å². The molecule has 0 aliphatic carbocycles. The molecule has 1 heterocycles. The predicted octanol–water partition coefficient (Wildman–Crippen LogP) is 2.70. The summed E-state index contributed by atoms with van der Waals surface area (Å²) in [7, 11) is 0. The maximum atomic E-state index is 6.04. The zero-order chi connectivity index (χ0) is 14.2. The van der Waals surface area contributed by atoms with E-state index in [1.165, 1.54) is 11.1 Å². The van der Waals surface area contributed by atoms with Crippen LogP contribution in [0.5, 0.6) is 0 Å². The van der Waals surface area contributed by atoms with Gasteiger partial charge in [0, 0.05) is 31.2 Å². The number of hydrogen-bond donors (Lipinski definition) is 1. The molecular weight excluding hydrogens is 397 g/mol. The van der Waals surface area contributed by atoms with Crippen LogP contribution in [0.3, 0.4) is 0 Å². The first-order valence-corrected chi connectivity index (χ1v) is 8.23. The van der Waals surface area contributed by atoms with E-state index in [-0.39, 0.29) is 24.0 Å². The van der Waals surface area contributed by atoms with Crippen molar-refractivity contribution in [3.63, 3.8) is 0 Å². The molecule has 1 fully saturated rings. The van der Waals surface area contributed by atoms with Crippen LogP contribution >= 0.6 is 35.7 Å². The second-order valence-electron chi connectivity index (χ2n) is 4.73. The summed E-state index contributed by atoms with van der Waals surface area (Å²) in [5, 5.41) is 0. The van der Waals surface area contributed by atoms with Gasteiger partial charge in [-0.15, -0.1) is 24.0 Å². The van der Waals surface area contributed by atoms with Gasteiger partial charge in [0.2, 0.25) is 0 Å². The number of aliphatic imine (C=N–C) groups is 1. The van der Waals surface area contributed by atoms with Crippen molar-refractivity contribution in [1.82, 2.24) is 4.90 Å². The molecule has 1 aliphatic rings. The zero-order valence-corrected chi connectivity index (χ0v) is 15.6. The third kappa shape index (κ3) is 6.44. The highest BCUT2D eigenvalue weighted by atomic mass is 127. The molecule has 0 amide bonds. The van der Waals surface area contributed by atoms with E-state index in [4.69, 9.17) is 10.5 Å². The van der Waals surface area contributed by atoms with Crippen molar-refractivity contribution >= 4 is 41.7 Å². The van der Waals surface area contributed by atoms with Crippen LogP contribution in [0.25, 0.3) is 0 Å². The molecular formula is C15H24IN3OS. The van der Waals surface area contributed by atoms with Gasteiger partial charge in [0.15, 0.2) is 5.96 Å². The minimum atomic E-state index is 0. The normalized spacial score (nSPS) is 15.7. The molecule has 0 bridgehead atoms. The second-order valence-corrected chi connectivity index (χ2v) is 5.95. The number of halogens is 1. The lowest BCUT2D eigenvalue weighted by Crippen LogP contribution is -2.42. The monoisotopic (exact) mass is 421 g/mol. The van der Waals surface area contributed by atoms with Gasteiger partial charge in [0.1, 0.15) is 0 Å². The van der Waals surface area contributed by atoms with Crippen LogP contribution < -0.4 is 5.73 Å². The Bertz CT molecular complexity index is 433. The number of benzene rings is 1. The fourth-order valence-corrected chi connectivity index (χ4v) is 2.93. The highest BCUT2D eigenvalue weighted by molar-refractivity contribution is 14.0. The number of nitrogens with two attached hydrogens (primary N) is 1. The molecule has 0 unspecified atom stereocenters. The molecule has 4 nitrogen and oxygen atoms in total. The largest absolute Gasteiger partial charge is 0.377 e. The van der Waals surface area contributed by atoms with Crippen molar-refractivity contribution in [2.24, 2.45) is 10.7 Å². The van der Waals surface area contributed by atoms with E-state index in [0.717, 1.165) is 31.2 Å². The van der Waals surface area contributed by atoms with Crippen molar-refractivity contribution in [3.05, 3.63) is 35.4 Å². The number of hydrogen-bond acceptors (Lipinski definition) is 3. The lowest BCUT2D eigenvalue weighted by Gasteiger charge is -2.27. The standard InChI is InChI=1S/C15H23N3OS.HI/c1-2-19-12-14-5-3-13(4-6-14)11-17-15(16)18-7-9-20-10-8-18;/h3-6H,2,7-12H2,1H3,(H2,16,17);1H. The van der Waals surface area contributed by atoms with E-state index in [1.807, 2.05) is 18.7 Å². The van der Waals surface area contributed by atoms with Gasteiger partial charge >= 0.3 is 0 Å². The molecule has 118 valence electrons. The van der Waals surface area contributed by atoms with E-state index in [9.17, 15) is 0 Å². The van der Waals surface area contributed by atoms with Gasteiger partial charge < -0.3 is 15.4 Å². The average molecular weight is 421 g/mol. The topological polar surface area (TPSA) is 50.9 Å². The van der Waals surface area contributed by atoms with Crippen LogP contribution in [0, 0.1) is 0 Å². The summed E-state index contributed by atoms with van der Waals surface area (Å²) in [4.78, 5) is 6.66. The quantitative estimate of drug-likeness (QED) is 0.451. The van der Waals surface area contributed by atoms with Crippen LogP contribution in [-0.4, -0.2) is 42.1 Å². The minimum absolute atomic E-state index is 0.